The van der Waals surface area contributed by atoms with Crippen LogP contribution in [0.1, 0.15) is 37.3 Å². The molecule has 136 valence electrons. The molecule has 1 amide bonds. The lowest BCUT2D eigenvalue weighted by molar-refractivity contribution is -0.210. The molecule has 0 aromatic heterocycles. The van der Waals surface area contributed by atoms with Gasteiger partial charge in [-0.3, -0.25) is 4.79 Å². The molecule has 1 saturated carbocycles. The Morgan fingerprint density at radius 3 is 2.72 bits per heavy atom. The number of fused-ring (bicyclic) bond motifs is 1. The molecule has 1 saturated heterocycles. The average molecular weight is 344 g/mol. The van der Waals surface area contributed by atoms with Crippen molar-refractivity contribution >= 4 is 5.91 Å². The lowest BCUT2D eigenvalue weighted by Gasteiger charge is -2.56. The SMILES string of the molecule is CCO[C@@H]1C[C@H](O)C12CCN(C(=O)[C@H]1Cc3ccccc3CN1)CC2. The van der Waals surface area contributed by atoms with Crippen molar-refractivity contribution in [3.8, 4) is 0 Å². The molecule has 0 bridgehead atoms. The van der Waals surface area contributed by atoms with Crippen LogP contribution in [0.3, 0.4) is 0 Å². The number of amides is 1. The predicted molar refractivity (Wildman–Crippen MR) is 95.1 cm³/mol. The summed E-state index contributed by atoms with van der Waals surface area (Å²) in [5, 5.41) is 13.7. The van der Waals surface area contributed by atoms with Crippen LogP contribution in [0.4, 0.5) is 0 Å². The van der Waals surface area contributed by atoms with Crippen molar-refractivity contribution in [2.24, 2.45) is 5.41 Å². The maximum atomic E-state index is 12.9. The molecule has 3 atom stereocenters. The van der Waals surface area contributed by atoms with Gasteiger partial charge in [0.15, 0.2) is 0 Å². The normalized spacial score (nSPS) is 30.6. The molecule has 2 N–H and O–H groups in total. The molecule has 2 fully saturated rings. The molecule has 1 aromatic carbocycles. The fourth-order valence-electron chi connectivity index (χ4n) is 4.81. The number of piperidine rings is 1. The molecule has 1 aromatic rings. The van der Waals surface area contributed by atoms with Gasteiger partial charge in [0.2, 0.25) is 5.91 Å². The Labute approximate surface area is 149 Å². The summed E-state index contributed by atoms with van der Waals surface area (Å²) < 4.78 is 5.82. The van der Waals surface area contributed by atoms with Gasteiger partial charge in [-0.2, -0.15) is 0 Å². The highest BCUT2D eigenvalue weighted by atomic mass is 16.5. The van der Waals surface area contributed by atoms with Crippen molar-refractivity contribution in [1.82, 2.24) is 10.2 Å². The van der Waals surface area contributed by atoms with Gasteiger partial charge >= 0.3 is 0 Å². The molecule has 0 unspecified atom stereocenters. The number of carbonyl (C=O) groups excluding carboxylic acids is 1. The van der Waals surface area contributed by atoms with Crippen molar-refractivity contribution in [3.63, 3.8) is 0 Å². The van der Waals surface area contributed by atoms with Crippen LogP contribution in [0.2, 0.25) is 0 Å². The second-order valence-electron chi connectivity index (χ2n) is 7.66. The summed E-state index contributed by atoms with van der Waals surface area (Å²) in [6, 6.07) is 8.21. The summed E-state index contributed by atoms with van der Waals surface area (Å²) >= 11 is 0. The number of aliphatic hydroxyl groups is 1. The number of hydrogen-bond donors (Lipinski definition) is 2. The third-order valence-electron chi connectivity index (χ3n) is 6.50. The first-order valence-corrected chi connectivity index (χ1v) is 9.52. The lowest BCUT2D eigenvalue weighted by atomic mass is 9.58. The molecular weight excluding hydrogens is 316 g/mol. The highest BCUT2D eigenvalue weighted by Crippen LogP contribution is 2.51. The zero-order valence-electron chi connectivity index (χ0n) is 14.9. The van der Waals surface area contributed by atoms with Crippen LogP contribution in [0.5, 0.6) is 0 Å². The van der Waals surface area contributed by atoms with Gasteiger partial charge in [0, 0.05) is 38.1 Å². The van der Waals surface area contributed by atoms with Crippen LogP contribution in [-0.4, -0.2) is 53.9 Å². The summed E-state index contributed by atoms with van der Waals surface area (Å²) in [5.41, 5.74) is 2.44. The Hall–Kier alpha value is -1.43. The minimum Gasteiger partial charge on any atom is -0.392 e. The highest BCUT2D eigenvalue weighted by molar-refractivity contribution is 5.82. The predicted octanol–water partition coefficient (Wildman–Crippen LogP) is 1.48. The second kappa shape index (κ2) is 6.71. The Morgan fingerprint density at radius 2 is 2.04 bits per heavy atom. The van der Waals surface area contributed by atoms with E-state index in [9.17, 15) is 9.90 Å². The first-order chi connectivity index (χ1) is 12.1. The van der Waals surface area contributed by atoms with Crippen LogP contribution >= 0.6 is 0 Å². The van der Waals surface area contributed by atoms with E-state index in [-0.39, 0.29) is 29.6 Å². The van der Waals surface area contributed by atoms with E-state index in [0.717, 1.165) is 45.3 Å². The molecule has 1 spiro atoms. The van der Waals surface area contributed by atoms with Crippen LogP contribution in [0.25, 0.3) is 0 Å². The van der Waals surface area contributed by atoms with Gasteiger partial charge in [0.1, 0.15) is 0 Å². The Morgan fingerprint density at radius 1 is 1.32 bits per heavy atom. The van der Waals surface area contributed by atoms with Crippen LogP contribution in [-0.2, 0) is 22.5 Å². The zero-order chi connectivity index (χ0) is 17.4. The molecule has 3 aliphatic rings. The van der Waals surface area contributed by atoms with Crippen molar-refractivity contribution in [3.05, 3.63) is 35.4 Å². The number of benzene rings is 1. The maximum Gasteiger partial charge on any atom is 0.240 e. The van der Waals surface area contributed by atoms with E-state index < -0.39 is 0 Å². The average Bonchev–Trinajstić information content (AvgIpc) is 2.67. The van der Waals surface area contributed by atoms with E-state index in [2.05, 4.69) is 17.4 Å². The Balaban J connectivity index is 1.37. The van der Waals surface area contributed by atoms with E-state index in [0.29, 0.717) is 6.61 Å². The van der Waals surface area contributed by atoms with Crippen molar-refractivity contribution in [2.45, 2.75) is 57.4 Å². The molecular formula is C20H28N2O3. The van der Waals surface area contributed by atoms with E-state index >= 15 is 0 Å². The van der Waals surface area contributed by atoms with Gasteiger partial charge in [-0.15, -0.1) is 0 Å². The van der Waals surface area contributed by atoms with Gasteiger partial charge in [0.05, 0.1) is 18.2 Å². The molecule has 5 nitrogen and oxygen atoms in total. The molecule has 1 aliphatic carbocycles. The number of nitrogens with one attached hydrogen (secondary N) is 1. The number of ether oxygens (including phenoxy) is 1. The van der Waals surface area contributed by atoms with E-state index in [1.165, 1.54) is 11.1 Å². The second-order valence-corrected chi connectivity index (χ2v) is 7.66. The summed E-state index contributed by atoms with van der Waals surface area (Å²) in [4.78, 5) is 14.9. The lowest BCUT2D eigenvalue weighted by Crippen LogP contribution is -2.63. The number of hydrogen-bond acceptors (Lipinski definition) is 4. The van der Waals surface area contributed by atoms with Crippen molar-refractivity contribution < 1.29 is 14.6 Å². The highest BCUT2D eigenvalue weighted by Gasteiger charge is 2.56. The van der Waals surface area contributed by atoms with Crippen LogP contribution in [0, 0.1) is 5.41 Å². The zero-order valence-corrected chi connectivity index (χ0v) is 14.9. The molecule has 2 aliphatic heterocycles. The minimum absolute atomic E-state index is 0.126. The summed E-state index contributed by atoms with van der Waals surface area (Å²) in [6.07, 6.45) is 3.07. The maximum absolute atomic E-state index is 12.9. The van der Waals surface area contributed by atoms with E-state index in [4.69, 9.17) is 4.74 Å². The first kappa shape index (κ1) is 17.0. The van der Waals surface area contributed by atoms with Crippen LogP contribution in [0.15, 0.2) is 24.3 Å². The fraction of sp³-hybridized carbons (Fsp3) is 0.650. The van der Waals surface area contributed by atoms with Gasteiger partial charge in [-0.1, -0.05) is 24.3 Å². The largest absolute Gasteiger partial charge is 0.392 e. The molecule has 5 heteroatoms. The van der Waals surface area contributed by atoms with Gasteiger partial charge in [-0.25, -0.2) is 0 Å². The Kier molecular flexibility index (Phi) is 4.56. The van der Waals surface area contributed by atoms with Crippen molar-refractivity contribution in [2.75, 3.05) is 19.7 Å². The van der Waals surface area contributed by atoms with Gasteiger partial charge in [-0.05, 0) is 37.3 Å². The summed E-state index contributed by atoms with van der Waals surface area (Å²) in [6.45, 7) is 4.89. The monoisotopic (exact) mass is 344 g/mol. The third kappa shape index (κ3) is 2.88. The minimum atomic E-state index is -0.277. The van der Waals surface area contributed by atoms with Gasteiger partial charge < -0.3 is 20.1 Å². The van der Waals surface area contributed by atoms with E-state index in [1.807, 2.05) is 24.0 Å². The molecule has 2 heterocycles. The molecule has 4 rings (SSSR count). The fourth-order valence-corrected chi connectivity index (χ4v) is 4.81. The third-order valence-corrected chi connectivity index (χ3v) is 6.50. The quantitative estimate of drug-likeness (QED) is 0.872. The number of likely N-dealkylation sites (tertiary alicyclic amines) is 1. The van der Waals surface area contributed by atoms with Crippen LogP contribution < -0.4 is 5.32 Å². The van der Waals surface area contributed by atoms with Gasteiger partial charge in [0.25, 0.3) is 0 Å². The molecule has 25 heavy (non-hydrogen) atoms. The smallest absolute Gasteiger partial charge is 0.240 e. The van der Waals surface area contributed by atoms with Crippen molar-refractivity contribution in [1.29, 1.82) is 0 Å². The first-order valence-electron chi connectivity index (χ1n) is 9.52. The summed E-state index contributed by atoms with van der Waals surface area (Å²) in [5.74, 6) is 0.200. The topological polar surface area (TPSA) is 61.8 Å². The number of nitrogens with zero attached hydrogens (tertiary/aromatic N) is 1. The number of aliphatic hydroxyl groups excluding tert-OH is 1. The number of carbonyl (C=O) groups is 1. The molecule has 0 radical (unpaired) electrons. The standard InChI is InChI=1S/C20H28N2O3/c1-2-25-18-12-17(23)20(18)7-9-22(10-8-20)19(24)16-11-14-5-3-4-6-15(14)13-21-16/h3-6,16-18,21,23H,2,7-13H2,1H3/t16-,17+,18-/m1/s1. The van der Waals surface area contributed by atoms with E-state index in [1.54, 1.807) is 0 Å². The number of rotatable bonds is 3. The summed E-state index contributed by atoms with van der Waals surface area (Å²) in [7, 11) is 0. The Bertz CT molecular complexity index is 638.